The van der Waals surface area contributed by atoms with E-state index in [9.17, 15) is 44.4 Å². The van der Waals surface area contributed by atoms with Gasteiger partial charge in [0.05, 0.1) is 18.4 Å². The molecule has 12 nitrogen and oxygen atoms in total. The summed E-state index contributed by atoms with van der Waals surface area (Å²) in [5.41, 5.74) is 0.896. The molecule has 0 saturated heterocycles. The van der Waals surface area contributed by atoms with Crippen LogP contribution in [0.1, 0.15) is 48.0 Å². The number of phenols is 1. The Balaban J connectivity index is 1.95. The normalized spacial score (nSPS) is 29.3. The molecule has 0 spiro atoms. The number of carboxylic acids is 1. The number of aliphatic carboxylic acids is 1. The molecule has 4 rings (SSSR count). The molecular weight excluding hydrogens is 478 g/mol. The van der Waals surface area contributed by atoms with Gasteiger partial charge in [-0.1, -0.05) is 19.1 Å². The predicted molar refractivity (Wildman–Crippen MR) is 118 cm³/mol. The van der Waals surface area contributed by atoms with Crippen molar-refractivity contribution in [3.05, 3.63) is 52.0 Å². The molecule has 0 aliphatic heterocycles. The van der Waals surface area contributed by atoms with Crippen LogP contribution in [0, 0.1) is 11.8 Å². The van der Waals surface area contributed by atoms with Crippen LogP contribution in [0.15, 0.2) is 40.9 Å². The van der Waals surface area contributed by atoms with Crippen molar-refractivity contribution in [3.63, 3.8) is 0 Å². The minimum absolute atomic E-state index is 0.183. The van der Waals surface area contributed by atoms with Gasteiger partial charge in [0.1, 0.15) is 28.9 Å². The number of primary amides is 1. The first-order valence-corrected chi connectivity index (χ1v) is 11.0. The number of allylic oxidation sites excluding steroid dienone is 1. The molecule has 0 fully saturated rings. The number of benzene rings is 1. The average Bonchev–Trinajstić information content (AvgIpc) is 2.79. The highest BCUT2D eigenvalue weighted by Gasteiger charge is 2.65. The summed E-state index contributed by atoms with van der Waals surface area (Å²) < 4.78 is 5.53. The molecular formula is C24H23NO11. The van der Waals surface area contributed by atoms with Crippen molar-refractivity contribution in [2.24, 2.45) is 17.6 Å². The van der Waals surface area contributed by atoms with Crippen LogP contribution in [0.25, 0.3) is 0 Å². The molecule has 12 heteroatoms. The van der Waals surface area contributed by atoms with Crippen LogP contribution >= 0.6 is 0 Å². The smallest absolute Gasteiger partial charge is 0.306 e. The SMILES string of the molecule is C[C@H]1c2cccc(O)c2C(=O)C2=C(O)[C@]3(O)C(=O)C(C(N)=O)=C(O)C[C@@H]3[C@@H](OC(=O)CCC(=O)O)[C@@H]21. The number of aliphatic hydroxyl groups is 3. The summed E-state index contributed by atoms with van der Waals surface area (Å²) in [7, 11) is 0. The molecule has 0 aromatic heterocycles. The van der Waals surface area contributed by atoms with Crippen molar-refractivity contribution >= 4 is 29.4 Å². The van der Waals surface area contributed by atoms with Crippen molar-refractivity contribution in [1.29, 1.82) is 0 Å². The lowest BCUT2D eigenvalue weighted by Gasteiger charge is -2.51. The fourth-order valence-electron chi connectivity index (χ4n) is 5.50. The van der Waals surface area contributed by atoms with Gasteiger partial charge < -0.3 is 36.0 Å². The van der Waals surface area contributed by atoms with Crippen molar-refractivity contribution in [2.45, 2.75) is 43.8 Å². The van der Waals surface area contributed by atoms with E-state index < -0.39 is 107 Å². The first-order chi connectivity index (χ1) is 16.8. The van der Waals surface area contributed by atoms with E-state index >= 15 is 0 Å². The number of hydrogen-bond acceptors (Lipinski definition) is 10. The number of ketones is 2. The van der Waals surface area contributed by atoms with Gasteiger partial charge in [-0.3, -0.25) is 24.0 Å². The molecule has 1 amide bonds. The highest BCUT2D eigenvalue weighted by atomic mass is 16.5. The second kappa shape index (κ2) is 8.48. The number of Topliss-reactive ketones (excluding diaryl/α,β-unsaturated/α-hetero) is 2. The van der Waals surface area contributed by atoms with Gasteiger partial charge in [0.15, 0.2) is 11.4 Å². The van der Waals surface area contributed by atoms with Crippen LogP contribution in [0.5, 0.6) is 5.75 Å². The largest absolute Gasteiger partial charge is 0.511 e. The van der Waals surface area contributed by atoms with Gasteiger partial charge in [-0.25, -0.2) is 0 Å². The fraction of sp³-hybridized carbons (Fsp3) is 0.375. The molecule has 1 aromatic rings. The Morgan fingerprint density at radius 1 is 1.14 bits per heavy atom. The van der Waals surface area contributed by atoms with Crippen LogP contribution < -0.4 is 5.73 Å². The summed E-state index contributed by atoms with van der Waals surface area (Å²) in [5, 5.41) is 52.4. The maximum atomic E-state index is 13.5. The number of carbonyl (C=O) groups excluding carboxylic acids is 4. The standard InChI is InChI=1S/C24H23NO11/c1-8-9-3-2-4-11(26)16(9)19(31)18-15(8)20(36-14(30)6-5-13(28)29)10-7-12(27)17(23(25)34)21(32)24(10,35)22(18)33/h2-4,8,10,15,20,26-27,33,35H,5-7H2,1H3,(H2,25,34)(H,28,29)/t8-,10+,15+,20+,24+/m0/s1. The number of carboxylic acid groups (broad SMARTS) is 1. The summed E-state index contributed by atoms with van der Waals surface area (Å²) in [4.78, 5) is 62.1. The number of nitrogens with two attached hydrogens (primary N) is 1. The Kier molecular flexibility index (Phi) is 5.87. The number of aliphatic hydroxyl groups excluding tert-OH is 2. The van der Waals surface area contributed by atoms with E-state index in [-0.39, 0.29) is 5.56 Å². The van der Waals surface area contributed by atoms with E-state index in [4.69, 9.17) is 15.6 Å². The van der Waals surface area contributed by atoms with Gasteiger partial charge in [0, 0.05) is 23.8 Å². The number of rotatable bonds is 5. The molecule has 0 bridgehead atoms. The van der Waals surface area contributed by atoms with Gasteiger partial charge in [0.25, 0.3) is 5.91 Å². The molecule has 0 heterocycles. The van der Waals surface area contributed by atoms with E-state index in [0.717, 1.165) is 0 Å². The summed E-state index contributed by atoms with van der Waals surface area (Å²) >= 11 is 0. The highest BCUT2D eigenvalue weighted by molar-refractivity contribution is 6.24. The fourth-order valence-corrected chi connectivity index (χ4v) is 5.50. The second-order valence-electron chi connectivity index (χ2n) is 9.09. The molecule has 0 saturated carbocycles. The molecule has 190 valence electrons. The Morgan fingerprint density at radius 2 is 1.81 bits per heavy atom. The topological polar surface area (TPSA) is 222 Å². The monoisotopic (exact) mass is 501 g/mol. The molecule has 7 N–H and O–H groups in total. The summed E-state index contributed by atoms with van der Waals surface area (Å²) in [6, 6.07) is 4.27. The Labute approximate surface area is 203 Å². The summed E-state index contributed by atoms with van der Waals surface area (Å²) in [6.07, 6.45) is -3.30. The van der Waals surface area contributed by atoms with Crippen LogP contribution in [0.4, 0.5) is 0 Å². The molecule has 0 radical (unpaired) electrons. The van der Waals surface area contributed by atoms with E-state index in [2.05, 4.69) is 0 Å². The molecule has 3 aliphatic carbocycles. The Morgan fingerprint density at radius 3 is 2.42 bits per heavy atom. The Hall–Kier alpha value is -4.19. The number of ether oxygens (including phenoxy) is 1. The van der Waals surface area contributed by atoms with Gasteiger partial charge in [0.2, 0.25) is 5.78 Å². The van der Waals surface area contributed by atoms with Gasteiger partial charge >= 0.3 is 11.9 Å². The summed E-state index contributed by atoms with van der Waals surface area (Å²) in [6.45, 7) is 1.61. The minimum atomic E-state index is -2.97. The number of fused-ring (bicyclic) bond motifs is 3. The zero-order chi connectivity index (χ0) is 26.7. The first-order valence-electron chi connectivity index (χ1n) is 11.0. The third kappa shape index (κ3) is 3.44. The quantitative estimate of drug-likeness (QED) is 0.241. The number of esters is 1. The lowest BCUT2D eigenvalue weighted by molar-refractivity contribution is -0.175. The van der Waals surface area contributed by atoms with Gasteiger partial charge in [-0.05, 0) is 17.5 Å². The van der Waals surface area contributed by atoms with E-state index in [1.54, 1.807) is 13.0 Å². The molecule has 3 aliphatic rings. The molecule has 36 heavy (non-hydrogen) atoms. The Bertz CT molecular complexity index is 1290. The van der Waals surface area contributed by atoms with E-state index in [1.807, 2.05) is 0 Å². The maximum absolute atomic E-state index is 13.5. The predicted octanol–water partition coefficient (Wildman–Crippen LogP) is 0.528. The van der Waals surface area contributed by atoms with Crippen molar-refractivity contribution in [3.8, 4) is 5.75 Å². The third-order valence-electron chi connectivity index (χ3n) is 7.14. The number of aromatic hydroxyl groups is 1. The van der Waals surface area contributed by atoms with Crippen LogP contribution in [0.3, 0.4) is 0 Å². The van der Waals surface area contributed by atoms with Crippen LogP contribution in [0.2, 0.25) is 0 Å². The lowest BCUT2D eigenvalue weighted by Crippen LogP contribution is -2.63. The summed E-state index contributed by atoms with van der Waals surface area (Å²) in [5.74, 6) is -11.8. The first kappa shape index (κ1) is 24.9. The zero-order valence-corrected chi connectivity index (χ0v) is 18.9. The third-order valence-corrected chi connectivity index (χ3v) is 7.14. The van der Waals surface area contributed by atoms with Crippen LogP contribution in [-0.4, -0.2) is 66.6 Å². The zero-order valence-electron chi connectivity index (χ0n) is 18.9. The number of carbonyl (C=O) groups is 5. The minimum Gasteiger partial charge on any atom is -0.511 e. The molecule has 0 unspecified atom stereocenters. The van der Waals surface area contributed by atoms with Crippen molar-refractivity contribution in [1.82, 2.24) is 0 Å². The van der Waals surface area contributed by atoms with Crippen molar-refractivity contribution < 1.29 is 54.2 Å². The second-order valence-corrected chi connectivity index (χ2v) is 9.09. The lowest BCUT2D eigenvalue weighted by atomic mass is 9.56. The number of hydrogen-bond donors (Lipinski definition) is 6. The van der Waals surface area contributed by atoms with Crippen molar-refractivity contribution in [2.75, 3.05) is 0 Å². The molecule has 5 atom stereocenters. The van der Waals surface area contributed by atoms with E-state index in [1.165, 1.54) is 12.1 Å². The average molecular weight is 501 g/mol. The van der Waals surface area contributed by atoms with Gasteiger partial charge in [-0.2, -0.15) is 0 Å². The molecule has 1 aromatic carbocycles. The van der Waals surface area contributed by atoms with Gasteiger partial charge in [-0.15, -0.1) is 0 Å². The number of phenolic OH excluding ortho intramolecular Hbond substituents is 1. The number of amides is 1. The van der Waals surface area contributed by atoms with E-state index in [0.29, 0.717) is 5.56 Å². The maximum Gasteiger partial charge on any atom is 0.306 e. The van der Waals surface area contributed by atoms with Crippen LogP contribution in [-0.2, 0) is 23.9 Å². The highest BCUT2D eigenvalue weighted by Crippen LogP contribution is 2.55.